The summed E-state index contributed by atoms with van der Waals surface area (Å²) in [4.78, 5) is 2.92. The normalized spacial score (nSPS) is 39.9. The molecule has 2 saturated carbocycles. The largest absolute Gasteiger partial charge is 0.311 e. The molecule has 1 heterocycles. The molecule has 0 amide bonds. The van der Waals surface area contributed by atoms with Crippen LogP contribution >= 0.6 is 0 Å². The van der Waals surface area contributed by atoms with Gasteiger partial charge in [-0.2, -0.15) is 0 Å². The molecule has 20 heavy (non-hydrogen) atoms. The summed E-state index contributed by atoms with van der Waals surface area (Å²) in [5.74, 6) is 2.05. The first kappa shape index (κ1) is 14.8. The minimum absolute atomic E-state index is 0.803. The van der Waals surface area contributed by atoms with Gasteiger partial charge in [0, 0.05) is 31.2 Å². The standard InChI is InChI=1S/C18H34N2/c1-3-5-14-6-10-17(11-7-14)20-13-18(15-8-9-15)19-12-16(20)4-2/h14-19H,3-13H2,1-2H3. The molecule has 0 bridgehead atoms. The predicted octanol–water partition coefficient (Wildman–Crippen LogP) is 3.81. The van der Waals surface area contributed by atoms with Gasteiger partial charge < -0.3 is 5.32 Å². The van der Waals surface area contributed by atoms with Gasteiger partial charge in [-0.15, -0.1) is 0 Å². The van der Waals surface area contributed by atoms with E-state index in [0.29, 0.717) is 0 Å². The van der Waals surface area contributed by atoms with Crippen molar-refractivity contribution in [2.75, 3.05) is 13.1 Å². The summed E-state index contributed by atoms with van der Waals surface area (Å²) in [7, 11) is 0. The minimum Gasteiger partial charge on any atom is -0.311 e. The third kappa shape index (κ3) is 3.39. The Morgan fingerprint density at radius 2 is 1.75 bits per heavy atom. The average Bonchev–Trinajstić information content (AvgIpc) is 3.32. The highest BCUT2D eigenvalue weighted by Crippen LogP contribution is 2.37. The Hall–Kier alpha value is -0.0800. The summed E-state index contributed by atoms with van der Waals surface area (Å²) in [6.45, 7) is 7.30. The Bertz CT molecular complexity index is 292. The predicted molar refractivity (Wildman–Crippen MR) is 86.0 cm³/mol. The third-order valence-electron chi connectivity index (χ3n) is 6.14. The molecule has 1 saturated heterocycles. The van der Waals surface area contributed by atoms with Crippen LogP contribution in [0.5, 0.6) is 0 Å². The van der Waals surface area contributed by atoms with Crippen LogP contribution in [0.2, 0.25) is 0 Å². The van der Waals surface area contributed by atoms with Gasteiger partial charge in [0.15, 0.2) is 0 Å². The lowest BCUT2D eigenvalue weighted by atomic mass is 9.82. The van der Waals surface area contributed by atoms with E-state index < -0.39 is 0 Å². The van der Waals surface area contributed by atoms with Gasteiger partial charge in [-0.3, -0.25) is 4.90 Å². The van der Waals surface area contributed by atoms with Gasteiger partial charge in [-0.05, 0) is 56.8 Å². The molecular weight excluding hydrogens is 244 g/mol. The molecule has 0 aromatic carbocycles. The molecule has 1 N–H and O–H groups in total. The molecule has 116 valence electrons. The number of nitrogens with one attached hydrogen (secondary N) is 1. The molecule has 2 unspecified atom stereocenters. The second-order valence-corrected chi connectivity index (χ2v) is 7.57. The van der Waals surface area contributed by atoms with Crippen molar-refractivity contribution in [2.45, 2.75) is 89.8 Å². The number of hydrogen-bond donors (Lipinski definition) is 1. The van der Waals surface area contributed by atoms with Crippen molar-refractivity contribution >= 4 is 0 Å². The molecular formula is C18H34N2. The third-order valence-corrected chi connectivity index (χ3v) is 6.14. The van der Waals surface area contributed by atoms with E-state index in [1.54, 1.807) is 0 Å². The van der Waals surface area contributed by atoms with Crippen LogP contribution in [0.3, 0.4) is 0 Å². The molecule has 0 aromatic heterocycles. The van der Waals surface area contributed by atoms with Crippen LogP contribution in [-0.4, -0.2) is 36.1 Å². The van der Waals surface area contributed by atoms with Gasteiger partial charge >= 0.3 is 0 Å². The maximum atomic E-state index is 3.84. The van der Waals surface area contributed by atoms with Gasteiger partial charge in [-0.25, -0.2) is 0 Å². The van der Waals surface area contributed by atoms with Gasteiger partial charge in [0.2, 0.25) is 0 Å². The average molecular weight is 278 g/mol. The number of hydrogen-bond acceptors (Lipinski definition) is 2. The summed E-state index contributed by atoms with van der Waals surface area (Å²) in [5, 5.41) is 3.84. The van der Waals surface area contributed by atoms with E-state index >= 15 is 0 Å². The van der Waals surface area contributed by atoms with E-state index in [-0.39, 0.29) is 0 Å². The fraction of sp³-hybridized carbons (Fsp3) is 1.00. The molecule has 0 spiro atoms. The van der Waals surface area contributed by atoms with Crippen molar-refractivity contribution in [3.8, 4) is 0 Å². The van der Waals surface area contributed by atoms with Crippen LogP contribution in [-0.2, 0) is 0 Å². The first-order chi connectivity index (χ1) is 9.81. The summed E-state index contributed by atoms with van der Waals surface area (Å²) in [6.07, 6.45) is 13.0. The highest BCUT2D eigenvalue weighted by molar-refractivity contribution is 4.96. The molecule has 2 nitrogen and oxygen atoms in total. The highest BCUT2D eigenvalue weighted by atomic mass is 15.3. The van der Waals surface area contributed by atoms with Crippen LogP contribution < -0.4 is 5.32 Å². The zero-order chi connectivity index (χ0) is 13.9. The van der Waals surface area contributed by atoms with Crippen LogP contribution in [0.4, 0.5) is 0 Å². The lowest BCUT2D eigenvalue weighted by Gasteiger charge is -2.47. The second-order valence-electron chi connectivity index (χ2n) is 7.57. The number of piperazine rings is 1. The first-order valence-corrected chi connectivity index (χ1v) is 9.30. The lowest BCUT2D eigenvalue weighted by molar-refractivity contribution is 0.0460. The molecule has 0 aromatic rings. The highest BCUT2D eigenvalue weighted by Gasteiger charge is 2.39. The monoisotopic (exact) mass is 278 g/mol. The van der Waals surface area contributed by atoms with Crippen LogP contribution in [0, 0.1) is 11.8 Å². The Balaban J connectivity index is 1.55. The maximum Gasteiger partial charge on any atom is 0.0224 e. The Morgan fingerprint density at radius 3 is 2.35 bits per heavy atom. The van der Waals surface area contributed by atoms with E-state index in [1.165, 1.54) is 70.9 Å². The zero-order valence-electron chi connectivity index (χ0n) is 13.6. The van der Waals surface area contributed by atoms with Crippen molar-refractivity contribution in [2.24, 2.45) is 11.8 Å². The maximum absolute atomic E-state index is 3.84. The first-order valence-electron chi connectivity index (χ1n) is 9.30. The number of nitrogens with zero attached hydrogens (tertiary/aromatic N) is 1. The molecule has 2 aliphatic carbocycles. The van der Waals surface area contributed by atoms with E-state index in [0.717, 1.165) is 30.0 Å². The fourth-order valence-electron chi connectivity index (χ4n) is 4.66. The molecule has 0 radical (unpaired) electrons. The van der Waals surface area contributed by atoms with Gasteiger partial charge in [0.25, 0.3) is 0 Å². The van der Waals surface area contributed by atoms with Crippen molar-refractivity contribution in [1.82, 2.24) is 10.2 Å². The SMILES string of the molecule is CCCC1CCC(N2CC(C3CC3)NCC2CC)CC1. The Morgan fingerprint density at radius 1 is 1.00 bits per heavy atom. The summed E-state index contributed by atoms with van der Waals surface area (Å²) in [6, 6.07) is 2.51. The summed E-state index contributed by atoms with van der Waals surface area (Å²) < 4.78 is 0. The van der Waals surface area contributed by atoms with Gasteiger partial charge in [0.1, 0.15) is 0 Å². The van der Waals surface area contributed by atoms with Crippen LogP contribution in [0.15, 0.2) is 0 Å². The molecule has 1 aliphatic heterocycles. The van der Waals surface area contributed by atoms with E-state index in [9.17, 15) is 0 Å². The van der Waals surface area contributed by atoms with Crippen LogP contribution in [0.1, 0.15) is 71.6 Å². The van der Waals surface area contributed by atoms with Gasteiger partial charge in [0.05, 0.1) is 0 Å². The fourth-order valence-corrected chi connectivity index (χ4v) is 4.66. The topological polar surface area (TPSA) is 15.3 Å². The van der Waals surface area contributed by atoms with Crippen LogP contribution in [0.25, 0.3) is 0 Å². The van der Waals surface area contributed by atoms with E-state index in [1.807, 2.05) is 0 Å². The Kier molecular flexibility index (Phi) is 5.04. The number of rotatable bonds is 5. The molecule has 2 atom stereocenters. The molecule has 3 aliphatic rings. The smallest absolute Gasteiger partial charge is 0.0224 e. The lowest BCUT2D eigenvalue weighted by Crippen LogP contribution is -2.60. The minimum atomic E-state index is 0.803. The van der Waals surface area contributed by atoms with E-state index in [4.69, 9.17) is 0 Å². The second kappa shape index (κ2) is 6.79. The molecule has 3 fully saturated rings. The van der Waals surface area contributed by atoms with Crippen molar-refractivity contribution in [3.05, 3.63) is 0 Å². The Labute approximate surface area is 125 Å². The summed E-state index contributed by atoms with van der Waals surface area (Å²) >= 11 is 0. The van der Waals surface area contributed by atoms with E-state index in [2.05, 4.69) is 24.1 Å². The molecule has 3 rings (SSSR count). The van der Waals surface area contributed by atoms with Crippen molar-refractivity contribution in [3.63, 3.8) is 0 Å². The van der Waals surface area contributed by atoms with Crippen molar-refractivity contribution < 1.29 is 0 Å². The quantitative estimate of drug-likeness (QED) is 0.822. The van der Waals surface area contributed by atoms with Crippen molar-refractivity contribution in [1.29, 1.82) is 0 Å². The zero-order valence-corrected chi connectivity index (χ0v) is 13.6. The molecule has 2 heteroatoms. The van der Waals surface area contributed by atoms with Gasteiger partial charge in [-0.1, -0.05) is 26.7 Å². The summed E-state index contributed by atoms with van der Waals surface area (Å²) in [5.41, 5.74) is 0.